The molecule has 0 amide bonds. The molecule has 100 valence electrons. The summed E-state index contributed by atoms with van der Waals surface area (Å²) in [5.41, 5.74) is 7.74. The molecule has 19 heavy (non-hydrogen) atoms. The Balaban J connectivity index is 1.95. The van der Waals surface area contributed by atoms with Crippen LogP contribution >= 0.6 is 11.6 Å². The van der Waals surface area contributed by atoms with E-state index in [0.717, 1.165) is 12.1 Å². The van der Waals surface area contributed by atoms with Gasteiger partial charge in [0.2, 0.25) is 0 Å². The topological polar surface area (TPSA) is 69.6 Å². The lowest BCUT2D eigenvalue weighted by Gasteiger charge is -2.38. The molecular formula is C13H16ClN5. The van der Waals surface area contributed by atoms with Crippen molar-refractivity contribution in [3.63, 3.8) is 0 Å². The van der Waals surface area contributed by atoms with E-state index in [9.17, 15) is 0 Å². The predicted molar refractivity (Wildman–Crippen MR) is 74.6 cm³/mol. The lowest BCUT2D eigenvalue weighted by atomic mass is 9.70. The monoisotopic (exact) mass is 277 g/mol. The standard InChI is InChI=1S/C13H16ClN5/c1-13(5-2-6-13)8-19-12(16-17-18-19)10-4-3-9(14)7-11(10)15/h3-4,7H,2,5-6,8,15H2,1H3. The molecule has 0 unspecified atom stereocenters. The first-order valence-electron chi connectivity index (χ1n) is 6.39. The Morgan fingerprint density at radius 3 is 2.84 bits per heavy atom. The van der Waals surface area contributed by atoms with Crippen molar-refractivity contribution in [1.82, 2.24) is 20.2 Å². The van der Waals surface area contributed by atoms with Crippen molar-refractivity contribution in [2.75, 3.05) is 5.73 Å². The van der Waals surface area contributed by atoms with Crippen LogP contribution in [0.5, 0.6) is 0 Å². The van der Waals surface area contributed by atoms with E-state index in [1.807, 2.05) is 10.7 Å². The van der Waals surface area contributed by atoms with Gasteiger partial charge in [0.25, 0.3) is 0 Å². The maximum Gasteiger partial charge on any atom is 0.184 e. The molecule has 0 atom stereocenters. The quantitative estimate of drug-likeness (QED) is 0.876. The second-order valence-electron chi connectivity index (χ2n) is 5.56. The maximum atomic E-state index is 6.00. The predicted octanol–water partition coefficient (Wildman–Crippen LogP) is 2.77. The van der Waals surface area contributed by atoms with Crippen LogP contribution in [-0.2, 0) is 6.54 Å². The molecule has 5 nitrogen and oxygen atoms in total. The van der Waals surface area contributed by atoms with Crippen LogP contribution in [0.4, 0.5) is 5.69 Å². The fourth-order valence-corrected chi connectivity index (χ4v) is 2.72. The van der Waals surface area contributed by atoms with Gasteiger partial charge in [0.15, 0.2) is 5.82 Å². The fraction of sp³-hybridized carbons (Fsp3) is 0.462. The molecule has 3 rings (SSSR count). The molecule has 1 fully saturated rings. The van der Waals surface area contributed by atoms with E-state index >= 15 is 0 Å². The van der Waals surface area contributed by atoms with Crippen molar-refractivity contribution < 1.29 is 0 Å². The molecule has 2 aromatic rings. The first-order valence-corrected chi connectivity index (χ1v) is 6.77. The van der Waals surface area contributed by atoms with Gasteiger partial charge >= 0.3 is 0 Å². The Kier molecular flexibility index (Phi) is 2.93. The Bertz CT molecular complexity index is 603. The minimum absolute atomic E-state index is 0.311. The van der Waals surface area contributed by atoms with Crippen LogP contribution in [0.1, 0.15) is 26.2 Å². The van der Waals surface area contributed by atoms with E-state index in [4.69, 9.17) is 17.3 Å². The SMILES string of the molecule is CC1(Cn2nnnc2-c2ccc(Cl)cc2N)CCC1. The minimum Gasteiger partial charge on any atom is -0.398 e. The van der Waals surface area contributed by atoms with E-state index in [2.05, 4.69) is 22.4 Å². The summed E-state index contributed by atoms with van der Waals surface area (Å²) >= 11 is 5.92. The minimum atomic E-state index is 0.311. The van der Waals surface area contributed by atoms with Crippen molar-refractivity contribution in [1.29, 1.82) is 0 Å². The third-order valence-corrected chi connectivity index (χ3v) is 4.11. The molecule has 1 aliphatic rings. The highest BCUT2D eigenvalue weighted by Gasteiger charge is 2.33. The van der Waals surface area contributed by atoms with Crippen LogP contribution < -0.4 is 5.73 Å². The van der Waals surface area contributed by atoms with Crippen LogP contribution in [0.25, 0.3) is 11.4 Å². The lowest BCUT2D eigenvalue weighted by molar-refractivity contribution is 0.126. The van der Waals surface area contributed by atoms with E-state index in [0.29, 0.717) is 21.9 Å². The number of nitrogens with two attached hydrogens (primary N) is 1. The summed E-state index contributed by atoms with van der Waals surface area (Å²) in [6, 6.07) is 5.39. The highest BCUT2D eigenvalue weighted by atomic mass is 35.5. The summed E-state index contributed by atoms with van der Waals surface area (Å²) in [6.45, 7) is 3.10. The largest absolute Gasteiger partial charge is 0.398 e. The van der Waals surface area contributed by atoms with Gasteiger partial charge in [-0.2, -0.15) is 0 Å². The molecule has 6 heteroatoms. The molecule has 1 aromatic heterocycles. The molecule has 0 saturated heterocycles. The van der Waals surface area contributed by atoms with Gasteiger partial charge in [0.05, 0.1) is 6.54 Å². The molecule has 2 N–H and O–H groups in total. The van der Waals surface area contributed by atoms with Gasteiger partial charge in [-0.1, -0.05) is 24.9 Å². The molecule has 0 bridgehead atoms. The molecule has 1 aliphatic carbocycles. The molecule has 1 aromatic carbocycles. The fourth-order valence-electron chi connectivity index (χ4n) is 2.54. The molecule has 0 spiro atoms. The molecule has 0 radical (unpaired) electrons. The average molecular weight is 278 g/mol. The highest BCUT2D eigenvalue weighted by Crippen LogP contribution is 2.42. The van der Waals surface area contributed by atoms with Gasteiger partial charge in [0, 0.05) is 16.3 Å². The summed E-state index contributed by atoms with van der Waals surface area (Å²) in [5, 5.41) is 12.6. The summed E-state index contributed by atoms with van der Waals surface area (Å²) in [4.78, 5) is 0. The number of anilines is 1. The number of nitrogens with zero attached hydrogens (tertiary/aromatic N) is 4. The van der Waals surface area contributed by atoms with Crippen molar-refractivity contribution in [3.05, 3.63) is 23.2 Å². The van der Waals surface area contributed by atoms with E-state index in [-0.39, 0.29) is 0 Å². The first kappa shape index (κ1) is 12.4. The Hall–Kier alpha value is -1.62. The van der Waals surface area contributed by atoms with Gasteiger partial charge in [0.1, 0.15) is 0 Å². The number of benzene rings is 1. The summed E-state index contributed by atoms with van der Waals surface area (Å²) in [7, 11) is 0. The molecular weight excluding hydrogens is 262 g/mol. The Morgan fingerprint density at radius 1 is 1.42 bits per heavy atom. The zero-order chi connectivity index (χ0) is 13.5. The number of rotatable bonds is 3. The summed E-state index contributed by atoms with van der Waals surface area (Å²) < 4.78 is 1.85. The lowest BCUT2D eigenvalue weighted by Crippen LogP contribution is -2.31. The second-order valence-corrected chi connectivity index (χ2v) is 5.99. The number of aromatic nitrogens is 4. The normalized spacial score (nSPS) is 17.2. The van der Waals surface area contributed by atoms with E-state index in [1.165, 1.54) is 19.3 Å². The first-order chi connectivity index (χ1) is 9.07. The third kappa shape index (κ3) is 2.30. The highest BCUT2D eigenvalue weighted by molar-refractivity contribution is 6.31. The van der Waals surface area contributed by atoms with Gasteiger partial charge in [-0.05, 0) is 46.9 Å². The van der Waals surface area contributed by atoms with Crippen molar-refractivity contribution in [2.45, 2.75) is 32.7 Å². The number of tetrazole rings is 1. The van der Waals surface area contributed by atoms with Gasteiger partial charge in [-0.3, -0.25) is 0 Å². The van der Waals surface area contributed by atoms with Crippen LogP contribution in [0.15, 0.2) is 18.2 Å². The molecule has 1 heterocycles. The van der Waals surface area contributed by atoms with Crippen molar-refractivity contribution in [3.8, 4) is 11.4 Å². The third-order valence-electron chi connectivity index (χ3n) is 3.88. The summed E-state index contributed by atoms with van der Waals surface area (Å²) in [6.07, 6.45) is 3.74. The van der Waals surface area contributed by atoms with Gasteiger partial charge < -0.3 is 5.73 Å². The Labute approximate surface area is 116 Å². The van der Waals surface area contributed by atoms with Crippen LogP contribution in [0, 0.1) is 5.41 Å². The molecule has 0 aliphatic heterocycles. The van der Waals surface area contributed by atoms with Crippen molar-refractivity contribution in [2.24, 2.45) is 5.41 Å². The number of halogens is 1. The van der Waals surface area contributed by atoms with E-state index in [1.54, 1.807) is 12.1 Å². The Morgan fingerprint density at radius 2 is 2.21 bits per heavy atom. The summed E-state index contributed by atoms with van der Waals surface area (Å²) in [5.74, 6) is 0.710. The van der Waals surface area contributed by atoms with Crippen LogP contribution in [0.3, 0.4) is 0 Å². The van der Waals surface area contributed by atoms with Gasteiger partial charge in [-0.15, -0.1) is 5.10 Å². The maximum absolute atomic E-state index is 6.00. The zero-order valence-electron chi connectivity index (χ0n) is 10.8. The van der Waals surface area contributed by atoms with Gasteiger partial charge in [-0.25, -0.2) is 4.68 Å². The average Bonchev–Trinajstić information content (AvgIpc) is 2.75. The van der Waals surface area contributed by atoms with Crippen LogP contribution in [0.2, 0.25) is 5.02 Å². The molecule has 1 saturated carbocycles. The van der Waals surface area contributed by atoms with Crippen molar-refractivity contribution >= 4 is 17.3 Å². The number of hydrogen-bond donors (Lipinski definition) is 1. The van der Waals surface area contributed by atoms with E-state index < -0.39 is 0 Å². The zero-order valence-corrected chi connectivity index (χ0v) is 11.6. The second kappa shape index (κ2) is 4.49. The number of hydrogen-bond acceptors (Lipinski definition) is 4. The van der Waals surface area contributed by atoms with Crippen LogP contribution in [-0.4, -0.2) is 20.2 Å². The smallest absolute Gasteiger partial charge is 0.184 e. The number of nitrogen functional groups attached to an aromatic ring is 1.